The van der Waals surface area contributed by atoms with Gasteiger partial charge in [-0.3, -0.25) is 4.79 Å². The van der Waals surface area contributed by atoms with Crippen molar-refractivity contribution < 1.29 is 17.9 Å². The minimum Gasteiger partial charge on any atom is -0.492 e. The maximum Gasteiger partial charge on any atom is 0.243 e. The summed E-state index contributed by atoms with van der Waals surface area (Å²) in [6.45, 7) is 4.54. The molecule has 2 aliphatic rings. The zero-order valence-corrected chi connectivity index (χ0v) is 16.6. The van der Waals surface area contributed by atoms with Gasteiger partial charge in [-0.05, 0) is 50.8 Å². The van der Waals surface area contributed by atoms with Crippen LogP contribution >= 0.6 is 11.6 Å². The molecule has 26 heavy (non-hydrogen) atoms. The van der Waals surface area contributed by atoms with Crippen molar-refractivity contribution >= 4 is 27.5 Å². The van der Waals surface area contributed by atoms with E-state index in [1.54, 1.807) is 6.07 Å². The van der Waals surface area contributed by atoms with E-state index in [9.17, 15) is 13.2 Å². The Morgan fingerprint density at radius 3 is 2.62 bits per heavy atom. The third-order valence-electron chi connectivity index (χ3n) is 4.99. The largest absolute Gasteiger partial charge is 0.492 e. The predicted octanol–water partition coefficient (Wildman–Crippen LogP) is 2.76. The highest BCUT2D eigenvalue weighted by Crippen LogP contribution is 2.31. The van der Waals surface area contributed by atoms with E-state index in [0.29, 0.717) is 25.3 Å². The molecule has 2 aliphatic heterocycles. The molecule has 0 saturated carbocycles. The maximum atomic E-state index is 13.0. The molecular formula is C18H25ClN2O4S. The number of carbonyl (C=O) groups is 1. The number of amides is 1. The van der Waals surface area contributed by atoms with Crippen LogP contribution in [0.2, 0.25) is 5.02 Å². The molecule has 1 aromatic carbocycles. The molecule has 6 nitrogen and oxygen atoms in total. The lowest BCUT2D eigenvalue weighted by Crippen LogP contribution is -2.46. The number of carbonyl (C=O) groups excluding carboxylic acids is 1. The number of benzene rings is 1. The number of nitrogens with zero attached hydrogens (tertiary/aromatic N) is 2. The van der Waals surface area contributed by atoms with Gasteiger partial charge in [-0.1, -0.05) is 11.6 Å². The van der Waals surface area contributed by atoms with Crippen LogP contribution in [0.25, 0.3) is 0 Å². The van der Waals surface area contributed by atoms with Gasteiger partial charge in [0, 0.05) is 26.2 Å². The fraction of sp³-hybridized carbons (Fsp3) is 0.611. The third kappa shape index (κ3) is 4.00. The number of hydrogen-bond acceptors (Lipinski definition) is 4. The molecule has 8 heteroatoms. The van der Waals surface area contributed by atoms with Gasteiger partial charge in [0.05, 0.1) is 22.4 Å². The molecule has 2 fully saturated rings. The lowest BCUT2D eigenvalue weighted by Gasteiger charge is -2.33. The van der Waals surface area contributed by atoms with E-state index in [0.717, 1.165) is 32.4 Å². The number of rotatable bonds is 5. The third-order valence-corrected chi connectivity index (χ3v) is 7.15. The van der Waals surface area contributed by atoms with Gasteiger partial charge in [-0.2, -0.15) is 4.31 Å². The van der Waals surface area contributed by atoms with Gasteiger partial charge < -0.3 is 9.64 Å². The Morgan fingerprint density at radius 1 is 1.23 bits per heavy atom. The second-order valence-electron chi connectivity index (χ2n) is 6.76. The van der Waals surface area contributed by atoms with Gasteiger partial charge >= 0.3 is 0 Å². The highest BCUT2D eigenvalue weighted by atomic mass is 35.5. The first-order valence-corrected chi connectivity index (χ1v) is 11.0. The van der Waals surface area contributed by atoms with Crippen molar-refractivity contribution in [2.75, 3.05) is 32.8 Å². The fourth-order valence-corrected chi connectivity index (χ4v) is 5.47. The van der Waals surface area contributed by atoms with E-state index in [4.69, 9.17) is 16.3 Å². The summed E-state index contributed by atoms with van der Waals surface area (Å²) in [5.74, 6) is 0.302. The first kappa shape index (κ1) is 19.5. The summed E-state index contributed by atoms with van der Waals surface area (Å²) in [5, 5.41) is 0.273. The highest BCUT2D eigenvalue weighted by Gasteiger charge is 2.35. The Balaban J connectivity index is 1.76. The summed E-state index contributed by atoms with van der Waals surface area (Å²) in [4.78, 5) is 14.7. The van der Waals surface area contributed by atoms with Gasteiger partial charge in [0.2, 0.25) is 15.9 Å². The van der Waals surface area contributed by atoms with Crippen molar-refractivity contribution in [3.8, 4) is 5.75 Å². The SMILES string of the molecule is CCOc1ccc(S(=O)(=O)N2CCC[C@@H](C(=O)N3CCCC3)C2)cc1Cl. The first-order chi connectivity index (χ1) is 12.4. The van der Waals surface area contributed by atoms with Crippen molar-refractivity contribution in [1.29, 1.82) is 0 Å². The predicted molar refractivity (Wildman–Crippen MR) is 99.9 cm³/mol. The molecule has 0 aliphatic carbocycles. The molecule has 0 aromatic heterocycles. The van der Waals surface area contributed by atoms with Gasteiger partial charge in [-0.25, -0.2) is 8.42 Å². The molecule has 1 atom stereocenters. The molecule has 1 aromatic rings. The number of piperidine rings is 1. The molecule has 0 unspecified atom stereocenters. The maximum absolute atomic E-state index is 13.0. The Morgan fingerprint density at radius 2 is 1.96 bits per heavy atom. The number of halogens is 1. The van der Waals surface area contributed by atoms with E-state index in [1.807, 2.05) is 11.8 Å². The van der Waals surface area contributed by atoms with E-state index >= 15 is 0 Å². The monoisotopic (exact) mass is 400 g/mol. The van der Waals surface area contributed by atoms with Crippen molar-refractivity contribution in [2.24, 2.45) is 5.92 Å². The van der Waals surface area contributed by atoms with Crippen LogP contribution in [0.3, 0.4) is 0 Å². The zero-order chi connectivity index (χ0) is 18.7. The van der Waals surface area contributed by atoms with Crippen molar-refractivity contribution in [2.45, 2.75) is 37.5 Å². The lowest BCUT2D eigenvalue weighted by molar-refractivity contribution is -0.135. The van der Waals surface area contributed by atoms with E-state index in [1.165, 1.54) is 16.4 Å². The normalized spacial score (nSPS) is 21.8. The molecule has 2 saturated heterocycles. The molecule has 0 radical (unpaired) electrons. The molecule has 0 N–H and O–H groups in total. The standard InChI is InChI=1S/C18H25ClN2O4S/c1-2-25-17-8-7-15(12-16(17)19)26(23,24)21-11-5-6-14(13-21)18(22)20-9-3-4-10-20/h7-8,12,14H,2-6,9-11,13H2,1H3/t14-/m1/s1. The first-order valence-electron chi connectivity index (χ1n) is 9.14. The number of hydrogen-bond donors (Lipinski definition) is 0. The van der Waals surface area contributed by atoms with Gasteiger partial charge in [0.1, 0.15) is 5.75 Å². The topological polar surface area (TPSA) is 66.9 Å². The molecule has 0 bridgehead atoms. The fourth-order valence-electron chi connectivity index (χ4n) is 3.62. The number of likely N-dealkylation sites (tertiary alicyclic amines) is 1. The molecule has 0 spiro atoms. The second kappa shape index (κ2) is 8.15. The molecule has 1 amide bonds. The number of sulfonamides is 1. The zero-order valence-electron chi connectivity index (χ0n) is 15.0. The summed E-state index contributed by atoms with van der Waals surface area (Å²) in [6, 6.07) is 4.52. The van der Waals surface area contributed by atoms with Crippen LogP contribution in [-0.2, 0) is 14.8 Å². The summed E-state index contributed by atoms with van der Waals surface area (Å²) < 4.78 is 32.8. The van der Waals surface area contributed by atoms with Crippen LogP contribution in [0.4, 0.5) is 0 Å². The van der Waals surface area contributed by atoms with Crippen LogP contribution in [0.5, 0.6) is 5.75 Å². The average Bonchev–Trinajstić information content (AvgIpc) is 3.17. The van der Waals surface area contributed by atoms with Crippen molar-refractivity contribution in [1.82, 2.24) is 9.21 Å². The summed E-state index contributed by atoms with van der Waals surface area (Å²) in [6.07, 6.45) is 3.50. The Bertz CT molecular complexity index is 762. The van der Waals surface area contributed by atoms with Crippen LogP contribution in [0, 0.1) is 5.92 Å². The van der Waals surface area contributed by atoms with Gasteiger partial charge in [-0.15, -0.1) is 0 Å². The summed E-state index contributed by atoms with van der Waals surface area (Å²) >= 11 is 6.15. The molecule has 144 valence electrons. The second-order valence-corrected chi connectivity index (χ2v) is 9.10. The van der Waals surface area contributed by atoms with Crippen molar-refractivity contribution in [3.05, 3.63) is 23.2 Å². The molecule has 3 rings (SSSR count). The van der Waals surface area contributed by atoms with Crippen LogP contribution in [0.1, 0.15) is 32.6 Å². The molecular weight excluding hydrogens is 376 g/mol. The minimum atomic E-state index is -3.68. The van der Waals surface area contributed by atoms with Gasteiger partial charge in [0.15, 0.2) is 0 Å². The van der Waals surface area contributed by atoms with E-state index < -0.39 is 10.0 Å². The lowest BCUT2D eigenvalue weighted by atomic mass is 9.98. The Hall–Kier alpha value is -1.31. The summed E-state index contributed by atoms with van der Waals surface area (Å²) in [7, 11) is -3.68. The highest BCUT2D eigenvalue weighted by molar-refractivity contribution is 7.89. The van der Waals surface area contributed by atoms with Gasteiger partial charge in [0.25, 0.3) is 0 Å². The average molecular weight is 401 g/mol. The smallest absolute Gasteiger partial charge is 0.243 e. The Kier molecular flexibility index (Phi) is 6.10. The number of ether oxygens (including phenoxy) is 1. The quantitative estimate of drug-likeness (QED) is 0.762. The van der Waals surface area contributed by atoms with E-state index in [2.05, 4.69) is 0 Å². The van der Waals surface area contributed by atoms with Crippen molar-refractivity contribution in [3.63, 3.8) is 0 Å². The Labute approximate surface area is 160 Å². The van der Waals surface area contributed by atoms with Crippen LogP contribution in [-0.4, -0.2) is 56.3 Å². The molecule has 2 heterocycles. The van der Waals surface area contributed by atoms with E-state index in [-0.39, 0.29) is 28.3 Å². The van der Waals surface area contributed by atoms with Crippen LogP contribution < -0.4 is 4.74 Å². The van der Waals surface area contributed by atoms with Crippen LogP contribution in [0.15, 0.2) is 23.1 Å². The summed E-state index contributed by atoms with van der Waals surface area (Å²) in [5.41, 5.74) is 0. The minimum absolute atomic E-state index is 0.0899.